The highest BCUT2D eigenvalue weighted by Crippen LogP contribution is 2.28. The van der Waals surface area contributed by atoms with Crippen molar-refractivity contribution in [2.45, 2.75) is 19.3 Å². The second-order valence-electron chi connectivity index (χ2n) is 4.55. The molecule has 2 rings (SSSR count). The Balaban J connectivity index is 2.22. The first-order valence-corrected chi connectivity index (χ1v) is 6.92. The zero-order valence-electron chi connectivity index (χ0n) is 10.7. The molecule has 1 N–H and O–H groups in total. The maximum atomic E-state index is 11.9. The SMILES string of the molecule is CNCCc1ccc2c(c1)CCC(=O)N2CCCl. The van der Waals surface area contributed by atoms with Crippen LogP contribution < -0.4 is 10.2 Å². The molecule has 1 aromatic rings. The number of carbonyl (C=O) groups excluding carboxylic acids is 1. The molecule has 1 amide bonds. The lowest BCUT2D eigenvalue weighted by atomic mass is 9.97. The van der Waals surface area contributed by atoms with E-state index in [-0.39, 0.29) is 5.91 Å². The predicted molar refractivity (Wildman–Crippen MR) is 75.5 cm³/mol. The van der Waals surface area contributed by atoms with Gasteiger partial charge in [-0.05, 0) is 43.6 Å². The number of likely N-dealkylation sites (N-methyl/N-ethyl adjacent to an activating group) is 1. The molecule has 0 unspecified atom stereocenters. The zero-order valence-corrected chi connectivity index (χ0v) is 11.5. The monoisotopic (exact) mass is 266 g/mol. The molecule has 0 radical (unpaired) electrons. The van der Waals surface area contributed by atoms with E-state index in [0.717, 1.165) is 25.1 Å². The third-order valence-electron chi connectivity index (χ3n) is 3.32. The second-order valence-corrected chi connectivity index (χ2v) is 4.93. The van der Waals surface area contributed by atoms with Crippen molar-refractivity contribution in [1.29, 1.82) is 0 Å². The predicted octanol–water partition coefficient (Wildman–Crippen LogP) is 1.97. The van der Waals surface area contributed by atoms with E-state index in [4.69, 9.17) is 11.6 Å². The van der Waals surface area contributed by atoms with E-state index in [0.29, 0.717) is 18.8 Å². The summed E-state index contributed by atoms with van der Waals surface area (Å²) in [5, 5.41) is 3.15. The molecule has 0 aliphatic carbocycles. The average Bonchev–Trinajstić information content (AvgIpc) is 2.39. The fraction of sp³-hybridized carbons (Fsp3) is 0.500. The normalized spacial score (nSPS) is 14.8. The molecule has 0 aromatic heterocycles. The number of amides is 1. The van der Waals surface area contributed by atoms with Crippen LogP contribution in [0.2, 0.25) is 0 Å². The van der Waals surface area contributed by atoms with Crippen molar-refractivity contribution in [2.24, 2.45) is 0 Å². The number of alkyl halides is 1. The molecule has 4 heteroatoms. The van der Waals surface area contributed by atoms with Crippen LogP contribution in [-0.2, 0) is 17.6 Å². The molecule has 0 fully saturated rings. The van der Waals surface area contributed by atoms with Gasteiger partial charge < -0.3 is 10.2 Å². The third kappa shape index (κ3) is 2.85. The lowest BCUT2D eigenvalue weighted by Crippen LogP contribution is -2.36. The first kappa shape index (κ1) is 13.4. The fourth-order valence-electron chi connectivity index (χ4n) is 2.37. The van der Waals surface area contributed by atoms with Gasteiger partial charge >= 0.3 is 0 Å². The molecule has 0 bridgehead atoms. The molecule has 98 valence electrons. The van der Waals surface area contributed by atoms with Crippen molar-refractivity contribution in [3.05, 3.63) is 29.3 Å². The van der Waals surface area contributed by atoms with Gasteiger partial charge in [0.25, 0.3) is 0 Å². The zero-order chi connectivity index (χ0) is 13.0. The number of aryl methyl sites for hydroxylation is 1. The van der Waals surface area contributed by atoms with E-state index in [1.54, 1.807) is 0 Å². The van der Waals surface area contributed by atoms with Crippen molar-refractivity contribution in [1.82, 2.24) is 5.32 Å². The molecule has 1 heterocycles. The van der Waals surface area contributed by atoms with E-state index in [9.17, 15) is 4.79 Å². The summed E-state index contributed by atoms with van der Waals surface area (Å²) < 4.78 is 0. The van der Waals surface area contributed by atoms with Crippen molar-refractivity contribution in [2.75, 3.05) is 30.9 Å². The first-order chi connectivity index (χ1) is 8.76. The van der Waals surface area contributed by atoms with Gasteiger partial charge in [-0.1, -0.05) is 12.1 Å². The highest BCUT2D eigenvalue weighted by atomic mass is 35.5. The first-order valence-electron chi connectivity index (χ1n) is 6.39. The van der Waals surface area contributed by atoms with Gasteiger partial charge in [0.1, 0.15) is 0 Å². The van der Waals surface area contributed by atoms with Gasteiger partial charge in [-0.3, -0.25) is 4.79 Å². The Morgan fingerprint density at radius 2 is 2.22 bits per heavy atom. The van der Waals surface area contributed by atoms with Gasteiger partial charge in [0.15, 0.2) is 0 Å². The number of nitrogens with zero attached hydrogens (tertiary/aromatic N) is 1. The van der Waals surface area contributed by atoms with Gasteiger partial charge in [-0.25, -0.2) is 0 Å². The summed E-state index contributed by atoms with van der Waals surface area (Å²) in [4.78, 5) is 13.7. The molecule has 3 nitrogen and oxygen atoms in total. The van der Waals surface area contributed by atoms with Gasteiger partial charge in [0, 0.05) is 24.5 Å². The summed E-state index contributed by atoms with van der Waals surface area (Å²) in [6.07, 6.45) is 2.47. The van der Waals surface area contributed by atoms with Crippen LogP contribution in [0, 0.1) is 0 Å². The molecule has 1 aliphatic heterocycles. The molecule has 0 saturated heterocycles. The Hall–Kier alpha value is -1.06. The molecular weight excluding hydrogens is 248 g/mol. The Morgan fingerprint density at radius 3 is 2.94 bits per heavy atom. The van der Waals surface area contributed by atoms with Crippen LogP contribution in [-0.4, -0.2) is 31.9 Å². The van der Waals surface area contributed by atoms with E-state index < -0.39 is 0 Å². The van der Waals surface area contributed by atoms with Crippen molar-refractivity contribution in [3.63, 3.8) is 0 Å². The highest BCUT2D eigenvalue weighted by Gasteiger charge is 2.23. The van der Waals surface area contributed by atoms with Crippen molar-refractivity contribution < 1.29 is 4.79 Å². The molecule has 1 aliphatic rings. The minimum Gasteiger partial charge on any atom is -0.319 e. The molecular formula is C14H19ClN2O. The Kier molecular flexibility index (Phi) is 4.61. The van der Waals surface area contributed by atoms with Gasteiger partial charge in [0.05, 0.1) is 0 Å². The molecule has 0 spiro atoms. The Bertz CT molecular complexity index is 434. The van der Waals surface area contributed by atoms with Crippen molar-refractivity contribution >= 4 is 23.2 Å². The number of benzene rings is 1. The minimum atomic E-state index is 0.186. The third-order valence-corrected chi connectivity index (χ3v) is 3.48. The highest BCUT2D eigenvalue weighted by molar-refractivity contribution is 6.18. The summed E-state index contributed by atoms with van der Waals surface area (Å²) in [5.74, 6) is 0.665. The number of halogens is 1. The Morgan fingerprint density at radius 1 is 1.39 bits per heavy atom. The average molecular weight is 267 g/mol. The topological polar surface area (TPSA) is 32.3 Å². The maximum Gasteiger partial charge on any atom is 0.227 e. The van der Waals surface area contributed by atoms with Crippen LogP contribution in [0.5, 0.6) is 0 Å². The quantitative estimate of drug-likeness (QED) is 0.827. The van der Waals surface area contributed by atoms with E-state index in [1.807, 2.05) is 11.9 Å². The summed E-state index contributed by atoms with van der Waals surface area (Å²) >= 11 is 5.76. The number of hydrogen-bond donors (Lipinski definition) is 1. The number of rotatable bonds is 5. The van der Waals surface area contributed by atoms with Gasteiger partial charge in [-0.15, -0.1) is 11.6 Å². The van der Waals surface area contributed by atoms with E-state index in [2.05, 4.69) is 23.5 Å². The molecule has 18 heavy (non-hydrogen) atoms. The van der Waals surface area contributed by atoms with Crippen LogP contribution in [0.15, 0.2) is 18.2 Å². The largest absolute Gasteiger partial charge is 0.319 e. The standard InChI is InChI=1S/C14H19ClN2O/c1-16-8-6-11-2-4-13-12(10-11)3-5-14(18)17(13)9-7-15/h2,4,10,16H,3,5-9H2,1H3. The van der Waals surface area contributed by atoms with Crippen LogP contribution in [0.3, 0.4) is 0 Å². The minimum absolute atomic E-state index is 0.186. The number of hydrogen-bond acceptors (Lipinski definition) is 2. The summed E-state index contributed by atoms with van der Waals surface area (Å²) in [6.45, 7) is 1.58. The van der Waals surface area contributed by atoms with Crippen LogP contribution in [0.1, 0.15) is 17.5 Å². The molecule has 0 atom stereocenters. The van der Waals surface area contributed by atoms with Gasteiger partial charge in [-0.2, -0.15) is 0 Å². The van der Waals surface area contributed by atoms with Crippen LogP contribution >= 0.6 is 11.6 Å². The van der Waals surface area contributed by atoms with Crippen LogP contribution in [0.4, 0.5) is 5.69 Å². The van der Waals surface area contributed by atoms with E-state index >= 15 is 0 Å². The fourth-order valence-corrected chi connectivity index (χ4v) is 2.54. The number of anilines is 1. The van der Waals surface area contributed by atoms with E-state index in [1.165, 1.54) is 11.1 Å². The second kappa shape index (κ2) is 6.21. The van der Waals surface area contributed by atoms with Crippen molar-refractivity contribution in [3.8, 4) is 0 Å². The lowest BCUT2D eigenvalue weighted by molar-refractivity contribution is -0.118. The number of carbonyl (C=O) groups is 1. The smallest absolute Gasteiger partial charge is 0.227 e. The van der Waals surface area contributed by atoms with Gasteiger partial charge in [0.2, 0.25) is 5.91 Å². The summed E-state index contributed by atoms with van der Waals surface area (Å²) in [7, 11) is 1.96. The number of nitrogens with one attached hydrogen (secondary N) is 1. The number of fused-ring (bicyclic) bond motifs is 1. The molecule has 0 saturated carbocycles. The summed E-state index contributed by atoms with van der Waals surface area (Å²) in [6, 6.07) is 6.39. The Labute approximate surface area is 113 Å². The maximum absolute atomic E-state index is 11.9. The lowest BCUT2D eigenvalue weighted by Gasteiger charge is -2.29. The summed E-state index contributed by atoms with van der Waals surface area (Å²) in [5.41, 5.74) is 3.64. The van der Waals surface area contributed by atoms with Crippen LogP contribution in [0.25, 0.3) is 0 Å². The molecule has 1 aromatic carbocycles.